The number of nitrogens with one attached hydrogen (secondary N) is 1. The molecule has 1 saturated heterocycles. The molecule has 1 rings (SSSR count). The second-order valence-electron chi connectivity index (χ2n) is 5.04. The van der Waals surface area contributed by atoms with E-state index in [9.17, 15) is 0 Å². The quantitative estimate of drug-likeness (QED) is 0.706. The fourth-order valence-corrected chi connectivity index (χ4v) is 2.69. The first-order valence-electron chi connectivity index (χ1n) is 6.82. The maximum atomic E-state index is 3.30. The van der Waals surface area contributed by atoms with E-state index in [1.165, 1.54) is 45.7 Å². The molecule has 1 aliphatic heterocycles. The van der Waals surface area contributed by atoms with Gasteiger partial charge < -0.3 is 10.2 Å². The highest BCUT2D eigenvalue weighted by Crippen LogP contribution is 2.18. The molecule has 96 valence electrons. The van der Waals surface area contributed by atoms with Crippen LogP contribution in [0.3, 0.4) is 0 Å². The predicted molar refractivity (Wildman–Crippen MR) is 70.9 cm³/mol. The lowest BCUT2D eigenvalue weighted by Gasteiger charge is -2.29. The van der Waals surface area contributed by atoms with Crippen molar-refractivity contribution in [1.29, 1.82) is 0 Å². The van der Waals surface area contributed by atoms with Gasteiger partial charge in [-0.05, 0) is 52.5 Å². The number of hydrogen-bond acceptors (Lipinski definition) is 3. The highest BCUT2D eigenvalue weighted by molar-refractivity contribution is 4.81. The van der Waals surface area contributed by atoms with E-state index in [-0.39, 0.29) is 0 Å². The minimum absolute atomic E-state index is 0.710. The van der Waals surface area contributed by atoms with Crippen LogP contribution in [-0.2, 0) is 0 Å². The van der Waals surface area contributed by atoms with Gasteiger partial charge in [0, 0.05) is 19.1 Å². The minimum Gasteiger partial charge on any atom is -0.319 e. The molecule has 1 fully saturated rings. The van der Waals surface area contributed by atoms with Crippen LogP contribution in [0.2, 0.25) is 0 Å². The third-order valence-electron chi connectivity index (χ3n) is 3.85. The molecule has 0 aromatic heterocycles. The van der Waals surface area contributed by atoms with Gasteiger partial charge in [0.15, 0.2) is 0 Å². The van der Waals surface area contributed by atoms with Crippen LogP contribution < -0.4 is 5.32 Å². The zero-order chi connectivity index (χ0) is 12.0. The first kappa shape index (κ1) is 13.9. The first-order valence-corrected chi connectivity index (χ1v) is 6.82. The molecule has 0 spiro atoms. The van der Waals surface area contributed by atoms with Gasteiger partial charge in [0.25, 0.3) is 0 Å². The van der Waals surface area contributed by atoms with E-state index < -0.39 is 0 Å². The lowest BCUT2D eigenvalue weighted by Crippen LogP contribution is -2.41. The zero-order valence-corrected chi connectivity index (χ0v) is 11.5. The summed E-state index contributed by atoms with van der Waals surface area (Å²) in [5.41, 5.74) is 0. The second kappa shape index (κ2) is 7.25. The fraction of sp³-hybridized carbons (Fsp3) is 1.00. The summed E-state index contributed by atoms with van der Waals surface area (Å²) in [4.78, 5) is 5.18. The monoisotopic (exact) mass is 227 g/mol. The van der Waals surface area contributed by atoms with Crippen molar-refractivity contribution in [1.82, 2.24) is 15.1 Å². The molecule has 0 aromatic carbocycles. The lowest BCUT2D eigenvalue weighted by molar-refractivity contribution is 0.176. The molecule has 2 atom stereocenters. The van der Waals surface area contributed by atoms with Gasteiger partial charge >= 0.3 is 0 Å². The van der Waals surface area contributed by atoms with Crippen molar-refractivity contribution in [2.45, 2.75) is 33.2 Å². The largest absolute Gasteiger partial charge is 0.319 e. The molecule has 2 unspecified atom stereocenters. The first-order chi connectivity index (χ1) is 7.71. The molecule has 3 heteroatoms. The van der Waals surface area contributed by atoms with E-state index in [0.717, 1.165) is 5.92 Å². The molecule has 0 bridgehead atoms. The highest BCUT2D eigenvalue weighted by atomic mass is 15.2. The van der Waals surface area contributed by atoms with Gasteiger partial charge in [-0.2, -0.15) is 0 Å². The van der Waals surface area contributed by atoms with Gasteiger partial charge in [-0.1, -0.05) is 13.8 Å². The Morgan fingerprint density at radius 3 is 2.62 bits per heavy atom. The Morgan fingerprint density at radius 1 is 1.38 bits per heavy atom. The van der Waals surface area contributed by atoms with Crippen LogP contribution in [0.4, 0.5) is 0 Å². The third-order valence-corrected chi connectivity index (χ3v) is 3.85. The Bertz CT molecular complexity index is 180. The van der Waals surface area contributed by atoms with Crippen molar-refractivity contribution in [2.24, 2.45) is 5.92 Å². The van der Waals surface area contributed by atoms with Crippen LogP contribution >= 0.6 is 0 Å². The van der Waals surface area contributed by atoms with Crippen molar-refractivity contribution < 1.29 is 0 Å². The van der Waals surface area contributed by atoms with Gasteiger partial charge in [0.05, 0.1) is 0 Å². The Balaban J connectivity index is 2.29. The molecule has 0 aromatic rings. The Morgan fingerprint density at radius 2 is 2.06 bits per heavy atom. The summed E-state index contributed by atoms with van der Waals surface area (Å²) in [6.45, 7) is 14.2. The van der Waals surface area contributed by atoms with Crippen LogP contribution in [-0.4, -0.2) is 62.2 Å². The van der Waals surface area contributed by atoms with Crippen molar-refractivity contribution in [3.05, 3.63) is 0 Å². The summed E-state index contributed by atoms with van der Waals surface area (Å²) < 4.78 is 0. The summed E-state index contributed by atoms with van der Waals surface area (Å²) in [5.74, 6) is 0.865. The number of likely N-dealkylation sites (N-methyl/N-ethyl adjacent to an activating group) is 1. The van der Waals surface area contributed by atoms with E-state index in [2.05, 4.69) is 42.9 Å². The summed E-state index contributed by atoms with van der Waals surface area (Å²) in [7, 11) is 2.06. The number of hydrogen-bond donors (Lipinski definition) is 1. The Labute approximate surface area is 101 Å². The predicted octanol–water partition coefficient (Wildman–Crippen LogP) is 1.26. The smallest absolute Gasteiger partial charge is 0.0195 e. The van der Waals surface area contributed by atoms with E-state index in [1.807, 2.05) is 0 Å². The molecular formula is C13H29N3. The summed E-state index contributed by atoms with van der Waals surface area (Å²) in [5, 5.41) is 3.30. The van der Waals surface area contributed by atoms with E-state index in [1.54, 1.807) is 0 Å². The molecule has 3 nitrogen and oxygen atoms in total. The molecule has 1 aliphatic rings. The molecule has 0 aliphatic carbocycles. The SMILES string of the molecule is CCN(CC)CC(C)N1CCC(CNC)C1. The molecule has 0 amide bonds. The molecule has 0 saturated carbocycles. The van der Waals surface area contributed by atoms with Crippen LogP contribution in [0.5, 0.6) is 0 Å². The molecule has 0 radical (unpaired) electrons. The third kappa shape index (κ3) is 4.04. The average molecular weight is 227 g/mol. The van der Waals surface area contributed by atoms with E-state index in [0.29, 0.717) is 6.04 Å². The van der Waals surface area contributed by atoms with Gasteiger partial charge in [0.1, 0.15) is 0 Å². The Hall–Kier alpha value is -0.120. The molecule has 1 heterocycles. The lowest BCUT2D eigenvalue weighted by atomic mass is 10.1. The van der Waals surface area contributed by atoms with Gasteiger partial charge in [-0.25, -0.2) is 0 Å². The van der Waals surface area contributed by atoms with Crippen LogP contribution in [0, 0.1) is 5.92 Å². The summed E-state index contributed by atoms with van der Waals surface area (Å²) in [6.07, 6.45) is 1.36. The van der Waals surface area contributed by atoms with Crippen LogP contribution in [0.25, 0.3) is 0 Å². The fourth-order valence-electron chi connectivity index (χ4n) is 2.69. The standard InChI is InChI=1S/C13H29N3/c1-5-15(6-2)10-12(3)16-8-7-13(11-16)9-14-4/h12-14H,5-11H2,1-4H3. The number of rotatable bonds is 7. The molecular weight excluding hydrogens is 198 g/mol. The minimum atomic E-state index is 0.710. The number of nitrogens with zero attached hydrogens (tertiary/aromatic N) is 2. The van der Waals surface area contributed by atoms with E-state index >= 15 is 0 Å². The highest BCUT2D eigenvalue weighted by Gasteiger charge is 2.25. The van der Waals surface area contributed by atoms with Crippen molar-refractivity contribution in [3.8, 4) is 0 Å². The summed E-state index contributed by atoms with van der Waals surface area (Å²) >= 11 is 0. The van der Waals surface area contributed by atoms with Crippen molar-refractivity contribution >= 4 is 0 Å². The van der Waals surface area contributed by atoms with Gasteiger partial charge in [-0.15, -0.1) is 0 Å². The topological polar surface area (TPSA) is 18.5 Å². The van der Waals surface area contributed by atoms with Crippen LogP contribution in [0.1, 0.15) is 27.2 Å². The second-order valence-corrected chi connectivity index (χ2v) is 5.04. The Kier molecular flexibility index (Phi) is 6.32. The van der Waals surface area contributed by atoms with Gasteiger partial charge in [0.2, 0.25) is 0 Å². The van der Waals surface area contributed by atoms with Crippen LogP contribution in [0.15, 0.2) is 0 Å². The maximum absolute atomic E-state index is 3.30. The molecule has 1 N–H and O–H groups in total. The zero-order valence-electron chi connectivity index (χ0n) is 11.5. The maximum Gasteiger partial charge on any atom is 0.0195 e. The summed E-state index contributed by atoms with van der Waals surface area (Å²) in [6, 6.07) is 0.710. The average Bonchev–Trinajstić information content (AvgIpc) is 2.74. The van der Waals surface area contributed by atoms with Gasteiger partial charge in [-0.3, -0.25) is 4.90 Å². The number of likely N-dealkylation sites (tertiary alicyclic amines) is 1. The van der Waals surface area contributed by atoms with E-state index in [4.69, 9.17) is 0 Å². The van der Waals surface area contributed by atoms with Crippen molar-refractivity contribution in [2.75, 3.05) is 46.3 Å². The molecule has 16 heavy (non-hydrogen) atoms. The van der Waals surface area contributed by atoms with Crippen molar-refractivity contribution in [3.63, 3.8) is 0 Å². The normalized spacial score (nSPS) is 24.2.